The van der Waals surface area contributed by atoms with Gasteiger partial charge in [-0.1, -0.05) is 60.7 Å². The van der Waals surface area contributed by atoms with Crippen molar-refractivity contribution in [1.29, 1.82) is 0 Å². The first-order valence-electron chi connectivity index (χ1n) is 7.80. The monoisotopic (exact) mass is 448 g/mol. The average molecular weight is 448 g/mol. The molecular weight excluding hydrogens is 432 g/mol. The van der Waals surface area contributed by atoms with Crippen LogP contribution in [0.25, 0.3) is 0 Å². The molecule has 0 amide bonds. The summed E-state index contributed by atoms with van der Waals surface area (Å²) in [7, 11) is 2.56. The first-order valence-corrected chi connectivity index (χ1v) is 8.95. The Balaban J connectivity index is 0.000000248. The zero-order valence-electron chi connectivity index (χ0n) is 14.7. The lowest BCUT2D eigenvalue weighted by Gasteiger charge is -2.08. The molecular formula is C18H16BF5O3P2. The van der Waals surface area contributed by atoms with Gasteiger partial charge in [0.25, 0.3) is 0 Å². The van der Waals surface area contributed by atoms with Gasteiger partial charge in [-0.15, -0.1) is 18.5 Å². The third-order valence-corrected chi connectivity index (χ3v) is 3.76. The Morgan fingerprint density at radius 1 is 0.586 bits per heavy atom. The molecule has 0 fully saturated rings. The molecule has 0 aromatic heterocycles. The Morgan fingerprint density at radius 3 is 1.14 bits per heavy atom. The summed E-state index contributed by atoms with van der Waals surface area (Å²) in [6, 6.07) is 20.3. The minimum absolute atomic E-state index is 1.24. The number of benzene rings is 3. The third-order valence-electron chi connectivity index (χ3n) is 2.99. The molecule has 0 saturated heterocycles. The van der Waals surface area contributed by atoms with Crippen LogP contribution in [0.4, 0.5) is 22.0 Å². The van der Waals surface area contributed by atoms with Crippen molar-refractivity contribution in [2.24, 2.45) is 0 Å². The Bertz CT molecular complexity index is 836. The van der Waals surface area contributed by atoms with E-state index >= 15 is 0 Å². The predicted octanol–water partition coefficient (Wildman–Crippen LogP) is 3.10. The first-order chi connectivity index (χ1) is 13.6. The van der Waals surface area contributed by atoms with Crippen LogP contribution in [-0.2, 0) is 0 Å². The molecule has 3 aromatic rings. The van der Waals surface area contributed by atoms with Gasteiger partial charge in [-0.3, -0.25) is 0 Å². The van der Waals surface area contributed by atoms with E-state index in [1.165, 1.54) is 10.6 Å². The summed E-state index contributed by atoms with van der Waals surface area (Å²) in [4.78, 5) is 0. The lowest BCUT2D eigenvalue weighted by atomic mass is 10.2. The molecule has 2 atom stereocenters. The van der Waals surface area contributed by atoms with Gasteiger partial charge in [0.15, 0.2) is 5.75 Å². The van der Waals surface area contributed by atoms with Gasteiger partial charge in [0.05, 0.1) is 0 Å². The van der Waals surface area contributed by atoms with Crippen LogP contribution in [0, 0.1) is 29.1 Å². The highest BCUT2D eigenvalue weighted by Crippen LogP contribution is 2.28. The number of halogens is 5. The van der Waals surface area contributed by atoms with Gasteiger partial charge in [-0.2, -0.15) is 8.78 Å². The number of hydrogen-bond acceptors (Lipinski definition) is 3. The van der Waals surface area contributed by atoms with Gasteiger partial charge in [-0.25, -0.2) is 13.2 Å². The van der Waals surface area contributed by atoms with Gasteiger partial charge < -0.3 is 14.7 Å². The van der Waals surface area contributed by atoms with Crippen molar-refractivity contribution in [2.45, 2.75) is 0 Å². The zero-order valence-corrected chi connectivity index (χ0v) is 17.0. The molecule has 3 aromatic carbocycles. The second kappa shape index (κ2) is 12.5. The minimum Gasteiger partial charge on any atom is -0.507 e. The summed E-state index contributed by atoms with van der Waals surface area (Å²) >= 11 is 0. The van der Waals surface area contributed by atoms with Gasteiger partial charge in [0, 0.05) is 0 Å². The molecule has 0 radical (unpaired) electrons. The van der Waals surface area contributed by atoms with Gasteiger partial charge >= 0.3 is 7.32 Å². The Labute approximate surface area is 169 Å². The first kappa shape index (κ1) is 25.0. The molecule has 0 heterocycles. The summed E-state index contributed by atoms with van der Waals surface area (Å²) < 4.78 is 66.3. The van der Waals surface area contributed by atoms with Crippen molar-refractivity contribution >= 4 is 36.4 Å². The smallest absolute Gasteiger partial charge is 0.507 e. The second-order valence-corrected chi connectivity index (χ2v) is 6.50. The van der Waals surface area contributed by atoms with Crippen LogP contribution >= 0.6 is 18.5 Å². The summed E-state index contributed by atoms with van der Waals surface area (Å²) in [6.45, 7) is 0. The van der Waals surface area contributed by atoms with E-state index in [2.05, 4.69) is 23.1 Å². The molecule has 11 heteroatoms. The maximum Gasteiger partial charge on any atom is 0.707 e. The van der Waals surface area contributed by atoms with Crippen LogP contribution in [-0.4, -0.2) is 17.4 Å². The normalized spacial score (nSPS) is 9.55. The topological polar surface area (TPSA) is 49.7 Å². The van der Waals surface area contributed by atoms with Crippen LogP contribution < -0.4 is 15.3 Å². The SMILES string of the molecule is OB(O)Oc1c(F)c(F)c(F)c(F)c1F.Pc1ccccc1.Pc1ccccc1. The second-order valence-electron chi connectivity index (χ2n) is 5.16. The summed E-state index contributed by atoms with van der Waals surface area (Å²) in [5.41, 5.74) is 0. The van der Waals surface area contributed by atoms with Crippen LogP contribution in [0.5, 0.6) is 5.75 Å². The molecule has 0 aliphatic heterocycles. The largest absolute Gasteiger partial charge is 0.707 e. The minimum atomic E-state index is -2.70. The van der Waals surface area contributed by atoms with Crippen molar-refractivity contribution in [3.05, 3.63) is 89.7 Å². The molecule has 154 valence electrons. The Hall–Kier alpha value is -2.05. The highest BCUT2D eigenvalue weighted by atomic mass is 31.0. The highest BCUT2D eigenvalue weighted by molar-refractivity contribution is 7.27. The van der Waals surface area contributed by atoms with Gasteiger partial charge in [-0.05, 0) is 10.6 Å². The van der Waals surface area contributed by atoms with Crippen molar-refractivity contribution < 1.29 is 36.7 Å². The van der Waals surface area contributed by atoms with E-state index in [0.29, 0.717) is 0 Å². The Morgan fingerprint density at radius 2 is 0.897 bits per heavy atom. The maximum absolute atomic E-state index is 12.7. The molecule has 0 spiro atoms. The predicted molar refractivity (Wildman–Crippen MR) is 109 cm³/mol. The van der Waals surface area contributed by atoms with Crippen molar-refractivity contribution in [3.63, 3.8) is 0 Å². The molecule has 3 rings (SSSR count). The van der Waals surface area contributed by atoms with Crippen molar-refractivity contribution in [3.8, 4) is 5.75 Å². The van der Waals surface area contributed by atoms with Crippen molar-refractivity contribution in [1.82, 2.24) is 0 Å². The molecule has 0 aliphatic rings. The van der Waals surface area contributed by atoms with Gasteiger partial charge in [0.1, 0.15) is 0 Å². The lowest BCUT2D eigenvalue weighted by Crippen LogP contribution is -2.23. The fraction of sp³-hybridized carbons (Fsp3) is 0. The van der Waals surface area contributed by atoms with E-state index in [0.717, 1.165) is 0 Å². The lowest BCUT2D eigenvalue weighted by molar-refractivity contribution is 0.263. The van der Waals surface area contributed by atoms with Crippen LogP contribution in [0.2, 0.25) is 0 Å². The maximum atomic E-state index is 12.7. The van der Waals surface area contributed by atoms with E-state index in [9.17, 15) is 22.0 Å². The molecule has 0 aliphatic carbocycles. The fourth-order valence-corrected chi connectivity index (χ4v) is 2.14. The quantitative estimate of drug-likeness (QED) is 0.209. The molecule has 2 N–H and O–H groups in total. The standard InChI is InChI=1S/C6H2BF5O3.2C6H7P/c8-1-2(9)4(11)6(15-7(13)14)5(12)3(1)10;2*7-6-4-2-1-3-5-6/h13-14H;2*1-5H,7H2. The molecule has 29 heavy (non-hydrogen) atoms. The zero-order chi connectivity index (χ0) is 22.0. The van der Waals surface area contributed by atoms with E-state index in [4.69, 9.17) is 10.0 Å². The summed E-state index contributed by atoms with van der Waals surface area (Å²) in [6.07, 6.45) is 0. The van der Waals surface area contributed by atoms with Crippen molar-refractivity contribution in [2.75, 3.05) is 0 Å². The van der Waals surface area contributed by atoms with E-state index < -0.39 is 42.2 Å². The summed E-state index contributed by atoms with van der Waals surface area (Å²) in [5, 5.41) is 18.8. The molecule has 2 unspecified atom stereocenters. The van der Waals surface area contributed by atoms with Crippen LogP contribution in [0.15, 0.2) is 60.7 Å². The van der Waals surface area contributed by atoms with E-state index in [-0.39, 0.29) is 0 Å². The number of hydrogen-bond donors (Lipinski definition) is 2. The molecule has 0 bridgehead atoms. The van der Waals surface area contributed by atoms with Gasteiger partial charge in [0.2, 0.25) is 29.1 Å². The van der Waals surface area contributed by atoms with Crippen LogP contribution in [0.1, 0.15) is 0 Å². The third kappa shape index (κ3) is 8.46. The Kier molecular flexibility index (Phi) is 10.8. The van der Waals surface area contributed by atoms with E-state index in [1.807, 2.05) is 60.7 Å². The molecule has 0 saturated carbocycles. The summed E-state index contributed by atoms with van der Waals surface area (Å²) in [5.74, 6) is -13.1. The number of rotatable bonds is 2. The fourth-order valence-electron chi connectivity index (χ4n) is 1.70. The highest BCUT2D eigenvalue weighted by Gasteiger charge is 2.29. The van der Waals surface area contributed by atoms with Crippen LogP contribution in [0.3, 0.4) is 0 Å². The molecule has 3 nitrogen and oxygen atoms in total. The van der Waals surface area contributed by atoms with E-state index in [1.54, 1.807) is 0 Å². The average Bonchev–Trinajstić information content (AvgIpc) is 2.70.